The fourth-order valence-corrected chi connectivity index (χ4v) is 5.62. The summed E-state index contributed by atoms with van der Waals surface area (Å²) in [5, 5.41) is 3.10. The molecule has 2 aromatic rings. The Morgan fingerprint density at radius 1 is 1.03 bits per heavy atom. The molecule has 2 aromatic carbocycles. The maximum Gasteiger partial charge on any atom is 0.223 e. The third kappa shape index (κ3) is 6.65. The number of aryl methyl sites for hydroxylation is 2. The van der Waals surface area contributed by atoms with E-state index < -0.39 is 10.0 Å². The molecule has 168 valence electrons. The SMILES string of the molecule is CCc1ccc([C@@H](C)NC(=O)C2CCN(S(=O)(=O)CCCc3ccccc3)CC2)cc1. The van der Waals surface area contributed by atoms with Crippen molar-refractivity contribution < 1.29 is 13.2 Å². The fraction of sp³-hybridized carbons (Fsp3) is 0.480. The molecular formula is C25H34N2O3S. The zero-order valence-corrected chi connectivity index (χ0v) is 19.4. The lowest BCUT2D eigenvalue weighted by molar-refractivity contribution is -0.126. The summed E-state index contributed by atoms with van der Waals surface area (Å²) >= 11 is 0. The Morgan fingerprint density at radius 2 is 1.68 bits per heavy atom. The van der Waals surface area contributed by atoms with E-state index in [-0.39, 0.29) is 23.6 Å². The highest BCUT2D eigenvalue weighted by Gasteiger charge is 2.31. The van der Waals surface area contributed by atoms with E-state index in [0.29, 0.717) is 32.4 Å². The van der Waals surface area contributed by atoms with E-state index in [4.69, 9.17) is 0 Å². The third-order valence-electron chi connectivity index (χ3n) is 6.18. The first-order valence-electron chi connectivity index (χ1n) is 11.3. The summed E-state index contributed by atoms with van der Waals surface area (Å²) in [4.78, 5) is 12.7. The first-order valence-corrected chi connectivity index (χ1v) is 12.9. The van der Waals surface area contributed by atoms with Gasteiger partial charge in [-0.15, -0.1) is 0 Å². The second-order valence-corrected chi connectivity index (χ2v) is 10.5. The van der Waals surface area contributed by atoms with Crippen LogP contribution in [-0.4, -0.2) is 37.5 Å². The van der Waals surface area contributed by atoms with Crippen LogP contribution in [0.5, 0.6) is 0 Å². The lowest BCUT2D eigenvalue weighted by Gasteiger charge is -2.31. The van der Waals surface area contributed by atoms with E-state index in [1.165, 1.54) is 5.56 Å². The van der Waals surface area contributed by atoms with Gasteiger partial charge in [0.25, 0.3) is 0 Å². The number of piperidine rings is 1. The molecule has 0 saturated carbocycles. The topological polar surface area (TPSA) is 66.5 Å². The van der Waals surface area contributed by atoms with Crippen LogP contribution in [0.15, 0.2) is 54.6 Å². The Balaban J connectivity index is 1.44. The maximum absolute atomic E-state index is 12.7. The van der Waals surface area contributed by atoms with Crippen molar-refractivity contribution in [2.24, 2.45) is 5.92 Å². The number of carbonyl (C=O) groups is 1. The van der Waals surface area contributed by atoms with Crippen molar-refractivity contribution in [3.05, 3.63) is 71.3 Å². The van der Waals surface area contributed by atoms with Gasteiger partial charge in [-0.05, 0) is 55.7 Å². The summed E-state index contributed by atoms with van der Waals surface area (Å²) in [6.45, 7) is 4.96. The molecule has 0 aromatic heterocycles. The number of amides is 1. The molecule has 5 nitrogen and oxygen atoms in total. The first kappa shape index (κ1) is 23.5. The average molecular weight is 443 g/mol. The van der Waals surface area contributed by atoms with Crippen molar-refractivity contribution in [3.8, 4) is 0 Å². The Bertz CT molecular complexity index is 934. The molecule has 1 amide bonds. The van der Waals surface area contributed by atoms with Gasteiger partial charge in [-0.2, -0.15) is 0 Å². The smallest absolute Gasteiger partial charge is 0.223 e. The van der Waals surface area contributed by atoms with Gasteiger partial charge in [0, 0.05) is 19.0 Å². The van der Waals surface area contributed by atoms with E-state index >= 15 is 0 Å². The van der Waals surface area contributed by atoms with Gasteiger partial charge >= 0.3 is 0 Å². The van der Waals surface area contributed by atoms with Crippen LogP contribution < -0.4 is 5.32 Å². The molecule has 6 heteroatoms. The van der Waals surface area contributed by atoms with Gasteiger partial charge in [0.05, 0.1) is 11.8 Å². The molecular weight excluding hydrogens is 408 g/mol. The quantitative estimate of drug-likeness (QED) is 0.636. The van der Waals surface area contributed by atoms with Crippen molar-refractivity contribution in [3.63, 3.8) is 0 Å². The monoisotopic (exact) mass is 442 g/mol. The van der Waals surface area contributed by atoms with Crippen LogP contribution in [0.1, 0.15) is 55.8 Å². The van der Waals surface area contributed by atoms with E-state index in [9.17, 15) is 13.2 Å². The number of hydrogen-bond acceptors (Lipinski definition) is 3. The Kier molecular flexibility index (Phi) is 8.27. The maximum atomic E-state index is 12.7. The molecule has 1 atom stereocenters. The predicted octanol–water partition coefficient (Wildman–Crippen LogP) is 4.10. The molecule has 1 aliphatic rings. The minimum Gasteiger partial charge on any atom is -0.349 e. The highest BCUT2D eigenvalue weighted by Crippen LogP contribution is 2.22. The zero-order valence-electron chi connectivity index (χ0n) is 18.6. The lowest BCUT2D eigenvalue weighted by atomic mass is 9.96. The number of benzene rings is 2. The number of nitrogens with one attached hydrogen (secondary N) is 1. The molecule has 0 unspecified atom stereocenters. The van der Waals surface area contributed by atoms with Crippen molar-refractivity contribution in [2.75, 3.05) is 18.8 Å². The van der Waals surface area contributed by atoms with E-state index in [0.717, 1.165) is 24.0 Å². The molecule has 31 heavy (non-hydrogen) atoms. The van der Waals surface area contributed by atoms with Gasteiger partial charge < -0.3 is 5.32 Å². The van der Waals surface area contributed by atoms with Crippen molar-refractivity contribution >= 4 is 15.9 Å². The summed E-state index contributed by atoms with van der Waals surface area (Å²) in [5.74, 6) is 0.0464. The molecule has 1 heterocycles. The summed E-state index contributed by atoms with van der Waals surface area (Å²) < 4.78 is 26.9. The molecule has 0 bridgehead atoms. The Labute approximate surface area is 186 Å². The summed E-state index contributed by atoms with van der Waals surface area (Å²) in [7, 11) is -3.27. The summed E-state index contributed by atoms with van der Waals surface area (Å²) in [5.41, 5.74) is 3.52. The molecule has 0 radical (unpaired) electrons. The van der Waals surface area contributed by atoms with Gasteiger partial charge in [0.15, 0.2) is 0 Å². The van der Waals surface area contributed by atoms with Crippen LogP contribution in [0.3, 0.4) is 0 Å². The zero-order chi connectivity index (χ0) is 22.3. The Morgan fingerprint density at radius 3 is 2.29 bits per heavy atom. The van der Waals surface area contributed by atoms with Crippen LogP contribution in [0, 0.1) is 5.92 Å². The Hall–Kier alpha value is -2.18. The highest BCUT2D eigenvalue weighted by atomic mass is 32.2. The minimum absolute atomic E-state index is 0.0215. The molecule has 1 saturated heterocycles. The fourth-order valence-electron chi connectivity index (χ4n) is 4.09. The summed E-state index contributed by atoms with van der Waals surface area (Å²) in [6.07, 6.45) is 3.52. The molecule has 1 fully saturated rings. The molecule has 0 aliphatic carbocycles. The minimum atomic E-state index is -3.27. The van der Waals surface area contributed by atoms with Crippen molar-refractivity contribution in [1.82, 2.24) is 9.62 Å². The molecule has 0 spiro atoms. The van der Waals surface area contributed by atoms with Crippen molar-refractivity contribution in [1.29, 1.82) is 0 Å². The predicted molar refractivity (Wildman–Crippen MR) is 125 cm³/mol. The van der Waals surface area contributed by atoms with Gasteiger partial charge in [0.2, 0.25) is 15.9 Å². The standard InChI is InChI=1S/C25H34N2O3S/c1-3-21-11-13-23(14-12-21)20(2)26-25(28)24-15-17-27(18-16-24)31(29,30)19-7-10-22-8-5-4-6-9-22/h4-6,8-9,11-14,20,24H,3,7,10,15-19H2,1-2H3,(H,26,28)/t20-/m1/s1. The molecule has 3 rings (SSSR count). The molecule has 1 aliphatic heterocycles. The second kappa shape index (κ2) is 10.9. The number of nitrogens with zero attached hydrogens (tertiary/aromatic N) is 1. The van der Waals surface area contributed by atoms with Crippen LogP contribution in [-0.2, 0) is 27.7 Å². The van der Waals surface area contributed by atoms with Gasteiger partial charge in [-0.25, -0.2) is 12.7 Å². The highest BCUT2D eigenvalue weighted by molar-refractivity contribution is 7.89. The lowest BCUT2D eigenvalue weighted by Crippen LogP contribution is -2.44. The van der Waals surface area contributed by atoms with E-state index in [1.54, 1.807) is 4.31 Å². The normalized spacial score (nSPS) is 16.7. The largest absolute Gasteiger partial charge is 0.349 e. The summed E-state index contributed by atoms with van der Waals surface area (Å²) in [6, 6.07) is 18.2. The second-order valence-electron chi connectivity index (χ2n) is 8.40. The number of sulfonamides is 1. The van der Waals surface area contributed by atoms with Crippen LogP contribution >= 0.6 is 0 Å². The van der Waals surface area contributed by atoms with Gasteiger partial charge in [-0.3, -0.25) is 4.79 Å². The van der Waals surface area contributed by atoms with Crippen LogP contribution in [0.4, 0.5) is 0 Å². The van der Waals surface area contributed by atoms with Gasteiger partial charge in [0.1, 0.15) is 0 Å². The number of hydrogen-bond donors (Lipinski definition) is 1. The first-order chi connectivity index (χ1) is 14.9. The van der Waals surface area contributed by atoms with E-state index in [2.05, 4.69) is 36.5 Å². The van der Waals surface area contributed by atoms with Crippen molar-refractivity contribution in [2.45, 2.75) is 52.0 Å². The number of rotatable bonds is 9. The third-order valence-corrected chi connectivity index (χ3v) is 8.13. The average Bonchev–Trinajstić information content (AvgIpc) is 2.79. The number of carbonyl (C=O) groups excluding carboxylic acids is 1. The molecule has 1 N–H and O–H groups in total. The van der Waals surface area contributed by atoms with E-state index in [1.807, 2.05) is 37.3 Å². The van der Waals surface area contributed by atoms with Crippen LogP contribution in [0.2, 0.25) is 0 Å². The van der Waals surface area contributed by atoms with Gasteiger partial charge in [-0.1, -0.05) is 61.5 Å². The van der Waals surface area contributed by atoms with Crippen LogP contribution in [0.25, 0.3) is 0 Å².